The van der Waals surface area contributed by atoms with Crippen LogP contribution in [0.15, 0.2) is 22.7 Å². The first-order valence-electron chi connectivity index (χ1n) is 5.25. The lowest BCUT2D eigenvalue weighted by molar-refractivity contribution is -0.118. The van der Waals surface area contributed by atoms with Crippen molar-refractivity contribution in [3.8, 4) is 0 Å². The fraction of sp³-hybridized carbons (Fsp3) is 0.417. The summed E-state index contributed by atoms with van der Waals surface area (Å²) in [5.74, 6) is -0.0105. The summed E-state index contributed by atoms with van der Waals surface area (Å²) in [6, 6.07) is 5.21. The Morgan fingerprint density at radius 3 is 2.53 bits per heavy atom. The lowest BCUT2D eigenvalue weighted by Crippen LogP contribution is -2.39. The zero-order valence-corrected chi connectivity index (χ0v) is 12.6. The van der Waals surface area contributed by atoms with Crippen molar-refractivity contribution in [3.05, 3.63) is 28.2 Å². The molecule has 0 saturated carbocycles. The van der Waals surface area contributed by atoms with Gasteiger partial charge in [-0.1, -0.05) is 35.8 Å². The molecule has 17 heavy (non-hydrogen) atoms. The van der Waals surface area contributed by atoms with Gasteiger partial charge in [0.1, 0.15) is 0 Å². The van der Waals surface area contributed by atoms with Crippen LogP contribution in [0.1, 0.15) is 19.4 Å². The number of carbonyl (C=O) groups is 1. The van der Waals surface area contributed by atoms with E-state index in [9.17, 15) is 4.79 Å². The SMILES string of the molecule is Cc1c(Br)cccc1NC(=O)[C@H](N)C(C)C.Cl. The summed E-state index contributed by atoms with van der Waals surface area (Å²) in [6.07, 6.45) is 0. The predicted molar refractivity (Wildman–Crippen MR) is 77.6 cm³/mol. The highest BCUT2D eigenvalue weighted by Crippen LogP contribution is 2.23. The summed E-state index contributed by atoms with van der Waals surface area (Å²) in [4.78, 5) is 11.8. The van der Waals surface area contributed by atoms with Crippen LogP contribution in [0.2, 0.25) is 0 Å². The van der Waals surface area contributed by atoms with E-state index in [2.05, 4.69) is 21.2 Å². The third-order valence-electron chi connectivity index (χ3n) is 2.55. The van der Waals surface area contributed by atoms with Crippen LogP contribution in [-0.2, 0) is 4.79 Å². The molecule has 0 unspecified atom stereocenters. The lowest BCUT2D eigenvalue weighted by atomic mass is 10.0. The van der Waals surface area contributed by atoms with E-state index in [1.54, 1.807) is 0 Å². The van der Waals surface area contributed by atoms with E-state index < -0.39 is 6.04 Å². The Morgan fingerprint density at radius 1 is 1.41 bits per heavy atom. The topological polar surface area (TPSA) is 55.1 Å². The van der Waals surface area contributed by atoms with Gasteiger partial charge in [0.2, 0.25) is 5.91 Å². The number of nitrogens with one attached hydrogen (secondary N) is 1. The van der Waals surface area contributed by atoms with Crippen molar-refractivity contribution in [1.82, 2.24) is 0 Å². The molecule has 1 rings (SSSR count). The third kappa shape index (κ3) is 4.30. The standard InChI is InChI=1S/C12H17BrN2O.ClH/c1-7(2)11(14)12(16)15-10-6-4-5-9(13)8(10)3;/h4-7,11H,14H2,1-3H3,(H,15,16);1H/t11-;/m1./s1. The zero-order chi connectivity index (χ0) is 12.3. The zero-order valence-electron chi connectivity index (χ0n) is 10.2. The molecular formula is C12H18BrClN2O. The summed E-state index contributed by atoms with van der Waals surface area (Å²) in [7, 11) is 0. The van der Waals surface area contributed by atoms with Crippen molar-refractivity contribution in [1.29, 1.82) is 0 Å². The smallest absolute Gasteiger partial charge is 0.241 e. The molecule has 0 fully saturated rings. The number of hydrogen-bond donors (Lipinski definition) is 2. The summed E-state index contributed by atoms with van der Waals surface area (Å²) < 4.78 is 0.975. The van der Waals surface area contributed by atoms with Crippen LogP contribution in [0.4, 0.5) is 5.69 Å². The highest BCUT2D eigenvalue weighted by molar-refractivity contribution is 9.10. The van der Waals surface area contributed by atoms with Crippen molar-refractivity contribution in [3.63, 3.8) is 0 Å². The molecule has 5 heteroatoms. The molecule has 0 aliphatic carbocycles. The van der Waals surface area contributed by atoms with Gasteiger partial charge in [0, 0.05) is 10.2 Å². The van der Waals surface area contributed by atoms with E-state index in [0.29, 0.717) is 0 Å². The molecule has 0 bridgehead atoms. The number of carbonyl (C=O) groups excluding carboxylic acids is 1. The molecule has 0 heterocycles. The average Bonchev–Trinajstić information content (AvgIpc) is 2.23. The second kappa shape index (κ2) is 6.99. The minimum Gasteiger partial charge on any atom is -0.324 e. The Balaban J connectivity index is 0.00000256. The maximum atomic E-state index is 11.8. The van der Waals surface area contributed by atoms with Crippen LogP contribution in [0.25, 0.3) is 0 Å². The number of nitrogens with two attached hydrogens (primary N) is 1. The van der Waals surface area contributed by atoms with Crippen LogP contribution in [-0.4, -0.2) is 11.9 Å². The number of benzene rings is 1. The predicted octanol–water partition coefficient (Wildman–Crippen LogP) is 3.10. The van der Waals surface area contributed by atoms with E-state index in [-0.39, 0.29) is 24.2 Å². The quantitative estimate of drug-likeness (QED) is 0.899. The molecule has 1 aromatic rings. The maximum absolute atomic E-state index is 11.8. The average molecular weight is 322 g/mol. The number of hydrogen-bond acceptors (Lipinski definition) is 2. The minimum atomic E-state index is -0.474. The Labute approximate surface area is 117 Å². The monoisotopic (exact) mass is 320 g/mol. The minimum absolute atomic E-state index is 0. The molecule has 3 nitrogen and oxygen atoms in total. The van der Waals surface area contributed by atoms with E-state index in [0.717, 1.165) is 15.7 Å². The number of halogens is 2. The van der Waals surface area contributed by atoms with Gasteiger partial charge in [-0.2, -0.15) is 0 Å². The first kappa shape index (κ1) is 16.4. The summed E-state index contributed by atoms with van der Waals surface area (Å²) in [5, 5.41) is 2.84. The summed E-state index contributed by atoms with van der Waals surface area (Å²) in [6.45, 7) is 5.80. The second-order valence-electron chi connectivity index (χ2n) is 4.17. The van der Waals surface area contributed by atoms with Crippen molar-refractivity contribution >= 4 is 39.9 Å². The summed E-state index contributed by atoms with van der Waals surface area (Å²) >= 11 is 3.42. The molecule has 0 aliphatic rings. The van der Waals surface area contributed by atoms with Crippen molar-refractivity contribution in [2.24, 2.45) is 11.7 Å². The first-order chi connectivity index (χ1) is 7.43. The molecule has 1 amide bonds. The van der Waals surface area contributed by atoms with Crippen molar-refractivity contribution in [2.75, 3.05) is 5.32 Å². The van der Waals surface area contributed by atoms with Crippen molar-refractivity contribution in [2.45, 2.75) is 26.8 Å². The van der Waals surface area contributed by atoms with E-state index in [1.807, 2.05) is 39.0 Å². The molecule has 0 aromatic heterocycles. The van der Waals surface area contributed by atoms with Gasteiger partial charge in [-0.05, 0) is 30.5 Å². The molecule has 3 N–H and O–H groups in total. The second-order valence-corrected chi connectivity index (χ2v) is 5.03. The fourth-order valence-electron chi connectivity index (χ4n) is 1.26. The molecular weight excluding hydrogens is 304 g/mol. The summed E-state index contributed by atoms with van der Waals surface area (Å²) in [5.41, 5.74) is 7.58. The van der Waals surface area contributed by atoms with Gasteiger partial charge in [-0.3, -0.25) is 4.79 Å². The molecule has 0 radical (unpaired) electrons. The Kier molecular flexibility index (Phi) is 6.75. The van der Waals surface area contributed by atoms with Crippen LogP contribution < -0.4 is 11.1 Å². The number of amides is 1. The number of anilines is 1. The Bertz CT molecular complexity index is 396. The largest absolute Gasteiger partial charge is 0.324 e. The molecule has 0 saturated heterocycles. The highest BCUT2D eigenvalue weighted by atomic mass is 79.9. The van der Waals surface area contributed by atoms with Gasteiger partial charge in [0.15, 0.2) is 0 Å². The van der Waals surface area contributed by atoms with Gasteiger partial charge < -0.3 is 11.1 Å². The van der Waals surface area contributed by atoms with Crippen LogP contribution in [0, 0.1) is 12.8 Å². The molecule has 1 atom stereocenters. The Morgan fingerprint density at radius 2 is 2.00 bits per heavy atom. The van der Waals surface area contributed by atoms with Gasteiger partial charge in [-0.25, -0.2) is 0 Å². The third-order valence-corrected chi connectivity index (χ3v) is 3.41. The van der Waals surface area contributed by atoms with Gasteiger partial charge in [0.25, 0.3) is 0 Å². The Hall–Kier alpha value is -0.580. The van der Waals surface area contributed by atoms with E-state index >= 15 is 0 Å². The molecule has 96 valence electrons. The first-order valence-corrected chi connectivity index (χ1v) is 6.04. The van der Waals surface area contributed by atoms with Gasteiger partial charge >= 0.3 is 0 Å². The van der Waals surface area contributed by atoms with E-state index in [4.69, 9.17) is 5.73 Å². The van der Waals surface area contributed by atoms with Crippen LogP contribution in [0.5, 0.6) is 0 Å². The number of rotatable bonds is 3. The molecule has 0 aliphatic heterocycles. The van der Waals surface area contributed by atoms with Crippen molar-refractivity contribution < 1.29 is 4.79 Å². The van der Waals surface area contributed by atoms with Crippen LogP contribution in [0.3, 0.4) is 0 Å². The lowest BCUT2D eigenvalue weighted by Gasteiger charge is -2.16. The molecule has 1 aromatic carbocycles. The fourth-order valence-corrected chi connectivity index (χ4v) is 1.63. The maximum Gasteiger partial charge on any atom is 0.241 e. The van der Waals surface area contributed by atoms with Gasteiger partial charge in [0.05, 0.1) is 6.04 Å². The van der Waals surface area contributed by atoms with E-state index in [1.165, 1.54) is 0 Å². The highest BCUT2D eigenvalue weighted by Gasteiger charge is 2.17. The molecule has 0 spiro atoms. The van der Waals surface area contributed by atoms with Crippen LogP contribution >= 0.6 is 28.3 Å². The van der Waals surface area contributed by atoms with Gasteiger partial charge in [-0.15, -0.1) is 12.4 Å². The normalized spacial score (nSPS) is 11.9.